The van der Waals surface area contributed by atoms with E-state index in [4.69, 9.17) is 9.47 Å². The number of carbonyl (C=O) groups excluding carboxylic acids is 2. The molecule has 3 aliphatic rings. The number of hydrogen-bond donors (Lipinski definition) is 2. The maximum atomic E-state index is 13.0. The van der Waals surface area contributed by atoms with E-state index in [1.807, 2.05) is 17.0 Å². The van der Waals surface area contributed by atoms with Crippen molar-refractivity contribution < 1.29 is 19.1 Å². The predicted molar refractivity (Wildman–Crippen MR) is 129 cm³/mol. The first kappa shape index (κ1) is 22.7. The van der Waals surface area contributed by atoms with Gasteiger partial charge in [-0.05, 0) is 73.3 Å². The van der Waals surface area contributed by atoms with Gasteiger partial charge in [-0.25, -0.2) is 4.79 Å². The number of fused-ring (bicyclic) bond motifs is 2. The Hall–Kier alpha value is -3.13. The number of urea groups is 1. The van der Waals surface area contributed by atoms with Crippen LogP contribution in [0, 0.1) is 11.8 Å². The lowest BCUT2D eigenvalue weighted by Crippen LogP contribution is -2.46. The van der Waals surface area contributed by atoms with Gasteiger partial charge in [-0.1, -0.05) is 6.07 Å². The first-order valence-electron chi connectivity index (χ1n) is 12.3. The van der Waals surface area contributed by atoms with Crippen molar-refractivity contribution in [2.24, 2.45) is 11.8 Å². The second kappa shape index (κ2) is 10.4. The van der Waals surface area contributed by atoms with Gasteiger partial charge in [-0.2, -0.15) is 0 Å². The number of rotatable bonds is 2. The average Bonchev–Trinajstić information content (AvgIpc) is 2.86. The molecule has 0 unspecified atom stereocenters. The smallest absolute Gasteiger partial charge is 0.321 e. The Labute approximate surface area is 200 Å². The highest BCUT2D eigenvalue weighted by Gasteiger charge is 2.33. The maximum absolute atomic E-state index is 13.0. The lowest BCUT2D eigenvalue weighted by Gasteiger charge is -2.39. The molecule has 180 valence electrons. The molecule has 2 saturated heterocycles. The normalized spacial score (nSPS) is 23.6. The summed E-state index contributed by atoms with van der Waals surface area (Å²) >= 11 is 0. The minimum Gasteiger partial charge on any atom is -0.491 e. The molecule has 1 aromatic carbocycles. The van der Waals surface area contributed by atoms with Gasteiger partial charge in [0.2, 0.25) is 5.91 Å². The third-order valence-electron chi connectivity index (χ3n) is 7.26. The highest BCUT2D eigenvalue weighted by Crippen LogP contribution is 2.36. The van der Waals surface area contributed by atoms with E-state index in [2.05, 4.69) is 27.8 Å². The first-order valence-corrected chi connectivity index (χ1v) is 12.3. The van der Waals surface area contributed by atoms with Crippen LogP contribution in [-0.2, 0) is 9.53 Å². The van der Waals surface area contributed by atoms with Crippen molar-refractivity contribution in [1.29, 1.82) is 0 Å². The number of anilines is 2. The number of pyridine rings is 1. The summed E-state index contributed by atoms with van der Waals surface area (Å²) in [6.45, 7) is 3.36. The highest BCUT2D eigenvalue weighted by molar-refractivity contribution is 5.93. The molecule has 0 aliphatic carbocycles. The van der Waals surface area contributed by atoms with Crippen molar-refractivity contribution in [1.82, 2.24) is 9.88 Å². The van der Waals surface area contributed by atoms with Gasteiger partial charge in [0.25, 0.3) is 0 Å². The van der Waals surface area contributed by atoms with Crippen molar-refractivity contribution in [2.45, 2.75) is 38.0 Å². The minimum atomic E-state index is -0.125. The van der Waals surface area contributed by atoms with E-state index in [-0.39, 0.29) is 23.8 Å². The fourth-order valence-electron chi connectivity index (χ4n) is 5.32. The molecule has 3 amide bonds. The molecule has 0 bridgehead atoms. The number of piperidine rings is 1. The first-order chi connectivity index (χ1) is 16.7. The third kappa shape index (κ3) is 5.33. The zero-order valence-electron chi connectivity index (χ0n) is 19.4. The van der Waals surface area contributed by atoms with Crippen molar-refractivity contribution >= 4 is 23.3 Å². The number of amides is 3. The lowest BCUT2D eigenvalue weighted by molar-refractivity contribution is -0.118. The number of nitrogens with zero attached hydrogens (tertiary/aromatic N) is 2. The van der Waals surface area contributed by atoms with Crippen molar-refractivity contribution in [3.05, 3.63) is 48.3 Å². The quantitative estimate of drug-likeness (QED) is 0.693. The van der Waals surface area contributed by atoms with Gasteiger partial charge >= 0.3 is 6.03 Å². The summed E-state index contributed by atoms with van der Waals surface area (Å²) in [6, 6.07) is 9.66. The van der Waals surface area contributed by atoms with Crippen LogP contribution in [0.2, 0.25) is 0 Å². The van der Waals surface area contributed by atoms with Crippen molar-refractivity contribution in [2.75, 3.05) is 43.5 Å². The van der Waals surface area contributed by atoms with Gasteiger partial charge in [0.1, 0.15) is 5.75 Å². The Bertz CT molecular complexity index is 1010. The molecular weight excluding hydrogens is 432 g/mol. The lowest BCUT2D eigenvalue weighted by atomic mass is 9.81. The molecule has 2 aromatic rings. The van der Waals surface area contributed by atoms with Crippen molar-refractivity contribution in [3.8, 4) is 5.75 Å². The van der Waals surface area contributed by atoms with E-state index in [9.17, 15) is 9.59 Å². The maximum Gasteiger partial charge on any atom is 0.321 e. The van der Waals surface area contributed by atoms with E-state index < -0.39 is 0 Å². The second-order valence-electron chi connectivity index (χ2n) is 9.46. The van der Waals surface area contributed by atoms with Gasteiger partial charge in [0.15, 0.2) is 0 Å². The van der Waals surface area contributed by atoms with Crippen LogP contribution < -0.4 is 15.4 Å². The molecule has 2 N–H and O–H groups in total. The number of likely N-dealkylation sites (tertiary alicyclic amines) is 1. The van der Waals surface area contributed by atoms with Gasteiger partial charge in [-0.15, -0.1) is 0 Å². The Kier molecular flexibility index (Phi) is 6.94. The fourth-order valence-corrected chi connectivity index (χ4v) is 5.32. The zero-order valence-corrected chi connectivity index (χ0v) is 19.4. The van der Waals surface area contributed by atoms with Gasteiger partial charge in [0.05, 0.1) is 24.2 Å². The summed E-state index contributed by atoms with van der Waals surface area (Å²) in [4.78, 5) is 31.6. The van der Waals surface area contributed by atoms with E-state index in [0.717, 1.165) is 44.6 Å². The van der Waals surface area contributed by atoms with Gasteiger partial charge in [-0.3, -0.25) is 9.78 Å². The fraction of sp³-hybridized carbons (Fsp3) is 0.500. The number of nitrogens with one attached hydrogen (secondary N) is 2. The number of ether oxygens (including phenoxy) is 2. The van der Waals surface area contributed by atoms with Crippen LogP contribution >= 0.6 is 0 Å². The van der Waals surface area contributed by atoms with E-state index in [1.165, 1.54) is 5.56 Å². The molecule has 34 heavy (non-hydrogen) atoms. The topological polar surface area (TPSA) is 92.8 Å². The largest absolute Gasteiger partial charge is 0.491 e. The Morgan fingerprint density at radius 3 is 2.79 bits per heavy atom. The van der Waals surface area contributed by atoms with Crippen LogP contribution in [0.5, 0.6) is 5.75 Å². The minimum absolute atomic E-state index is 0.0131. The summed E-state index contributed by atoms with van der Waals surface area (Å²) in [5.41, 5.74) is 2.68. The molecular formula is C26H32N4O4. The summed E-state index contributed by atoms with van der Waals surface area (Å²) < 4.78 is 11.6. The number of aromatic nitrogens is 1. The molecule has 0 spiro atoms. The van der Waals surface area contributed by atoms with Crippen molar-refractivity contribution in [3.63, 3.8) is 0 Å². The molecule has 4 heterocycles. The molecule has 8 heteroatoms. The summed E-state index contributed by atoms with van der Waals surface area (Å²) in [7, 11) is 0. The van der Waals surface area contributed by atoms with Crippen LogP contribution in [0.1, 0.15) is 43.6 Å². The number of benzene rings is 1. The molecule has 1 aromatic heterocycles. The molecule has 0 saturated carbocycles. The summed E-state index contributed by atoms with van der Waals surface area (Å²) in [6.07, 6.45) is 7.38. The third-order valence-corrected chi connectivity index (χ3v) is 7.26. The van der Waals surface area contributed by atoms with Gasteiger partial charge < -0.3 is 25.0 Å². The number of carbonyl (C=O) groups is 2. The monoisotopic (exact) mass is 464 g/mol. The summed E-state index contributed by atoms with van der Waals surface area (Å²) in [5.74, 6) is 1.62. The van der Waals surface area contributed by atoms with Crippen LogP contribution in [0.3, 0.4) is 0 Å². The SMILES string of the molecule is O=C1C[C@@H]2CCN(C(=O)Nc3cccnc3)C[C@@H]2CCOc2ccc(C3CCOCC3)cc2N1. The standard InChI is InChI=1S/C26H32N4O4/c31-25-15-20-5-10-30(26(32)28-22-2-1-9-27-16-22)17-21(20)8-13-34-24-4-3-19(14-23(24)29-25)18-6-11-33-12-7-18/h1-4,9,14,16,18,20-21H,5-8,10-13,15,17H2,(H,28,32)(H,29,31)/t20-,21-/m0/s1. The summed E-state index contributed by atoms with van der Waals surface area (Å²) in [5, 5.41) is 6.03. The predicted octanol–water partition coefficient (Wildman–Crippen LogP) is 4.26. The van der Waals surface area contributed by atoms with Gasteiger partial charge in [0, 0.05) is 38.9 Å². The van der Waals surface area contributed by atoms with Crippen LogP contribution in [-0.4, -0.2) is 54.7 Å². The number of hydrogen-bond acceptors (Lipinski definition) is 5. The Morgan fingerprint density at radius 2 is 1.97 bits per heavy atom. The van der Waals surface area contributed by atoms with Crippen LogP contribution in [0.15, 0.2) is 42.7 Å². The second-order valence-corrected chi connectivity index (χ2v) is 9.46. The van der Waals surface area contributed by atoms with E-state index in [0.29, 0.717) is 43.5 Å². The zero-order chi connectivity index (χ0) is 23.3. The molecule has 8 nitrogen and oxygen atoms in total. The van der Waals surface area contributed by atoms with Crippen LogP contribution in [0.4, 0.5) is 16.2 Å². The highest BCUT2D eigenvalue weighted by atomic mass is 16.5. The molecule has 3 aliphatic heterocycles. The Balaban J connectivity index is 1.25. The van der Waals surface area contributed by atoms with E-state index >= 15 is 0 Å². The molecule has 5 rings (SSSR count). The molecule has 2 atom stereocenters. The van der Waals surface area contributed by atoms with Crippen LogP contribution in [0.25, 0.3) is 0 Å². The molecule has 2 fully saturated rings. The molecule has 0 radical (unpaired) electrons. The Morgan fingerprint density at radius 1 is 1.09 bits per heavy atom. The van der Waals surface area contributed by atoms with E-state index in [1.54, 1.807) is 18.5 Å². The average molecular weight is 465 g/mol.